The van der Waals surface area contributed by atoms with E-state index < -0.39 is 0 Å². The Morgan fingerprint density at radius 3 is 2.69 bits per heavy atom. The summed E-state index contributed by atoms with van der Waals surface area (Å²) in [4.78, 5) is 1.43. The van der Waals surface area contributed by atoms with Gasteiger partial charge in [-0.2, -0.15) is 4.80 Å². The molecule has 1 aliphatic rings. The van der Waals surface area contributed by atoms with Crippen molar-refractivity contribution in [2.75, 3.05) is 6.61 Å². The van der Waals surface area contributed by atoms with E-state index in [9.17, 15) is 0 Å². The van der Waals surface area contributed by atoms with E-state index in [1.54, 1.807) is 7.05 Å². The normalized spacial score (nSPS) is 25.9. The minimum atomic E-state index is 0.284. The van der Waals surface area contributed by atoms with E-state index in [1.807, 2.05) is 0 Å². The van der Waals surface area contributed by atoms with Crippen LogP contribution in [0.5, 0.6) is 0 Å². The Morgan fingerprint density at radius 1 is 1.38 bits per heavy atom. The van der Waals surface area contributed by atoms with Gasteiger partial charge in [0.1, 0.15) is 6.61 Å². The second-order valence-electron chi connectivity index (χ2n) is 4.33. The van der Waals surface area contributed by atoms with Crippen LogP contribution in [0.25, 0.3) is 0 Å². The van der Waals surface area contributed by atoms with Crippen LogP contribution in [-0.4, -0.2) is 38.0 Å². The highest BCUT2D eigenvalue weighted by Gasteiger charge is 2.21. The molecule has 1 saturated carbocycles. The fraction of sp³-hybridized carbons (Fsp3) is 0.900. The molecular weight excluding hydrogens is 208 g/mol. The summed E-state index contributed by atoms with van der Waals surface area (Å²) in [6.07, 6.45) is 4.42. The van der Waals surface area contributed by atoms with Crippen molar-refractivity contribution in [1.29, 1.82) is 0 Å². The van der Waals surface area contributed by atoms with Crippen LogP contribution in [0, 0.1) is 5.92 Å². The van der Waals surface area contributed by atoms with E-state index in [0.717, 1.165) is 25.7 Å². The monoisotopic (exact) mass is 226 g/mol. The van der Waals surface area contributed by atoms with Crippen molar-refractivity contribution >= 4 is 0 Å². The third-order valence-corrected chi connectivity index (χ3v) is 3.05. The smallest absolute Gasteiger partial charge is 0.200 e. The molecule has 1 N–H and O–H groups in total. The molecule has 6 nitrogen and oxygen atoms in total. The number of tetrazole rings is 1. The fourth-order valence-corrected chi connectivity index (χ4v) is 2.05. The van der Waals surface area contributed by atoms with Gasteiger partial charge < -0.3 is 9.84 Å². The highest BCUT2D eigenvalue weighted by Crippen LogP contribution is 2.25. The van der Waals surface area contributed by atoms with E-state index in [4.69, 9.17) is 9.84 Å². The van der Waals surface area contributed by atoms with Crippen LogP contribution in [0.3, 0.4) is 0 Å². The summed E-state index contributed by atoms with van der Waals surface area (Å²) in [6.45, 7) is 0.737. The van der Waals surface area contributed by atoms with Gasteiger partial charge in [0, 0.05) is 6.61 Å². The highest BCUT2D eigenvalue weighted by atomic mass is 16.5. The molecule has 6 heteroatoms. The van der Waals surface area contributed by atoms with Gasteiger partial charge in [0.25, 0.3) is 0 Å². The molecular formula is C10H18N4O2. The van der Waals surface area contributed by atoms with Gasteiger partial charge in [0.2, 0.25) is 0 Å². The molecule has 1 heterocycles. The molecule has 0 unspecified atom stereocenters. The molecule has 0 spiro atoms. The summed E-state index contributed by atoms with van der Waals surface area (Å²) in [5.41, 5.74) is 0. The van der Waals surface area contributed by atoms with E-state index >= 15 is 0 Å². The summed E-state index contributed by atoms with van der Waals surface area (Å²) in [5, 5.41) is 20.7. The van der Waals surface area contributed by atoms with Crippen LogP contribution in [-0.2, 0) is 18.4 Å². The van der Waals surface area contributed by atoms with E-state index in [0.29, 0.717) is 25.0 Å². The lowest BCUT2D eigenvalue weighted by atomic mass is 9.88. The molecule has 1 fully saturated rings. The summed E-state index contributed by atoms with van der Waals surface area (Å²) in [6, 6.07) is 0. The molecule has 0 atom stereocenters. The molecule has 90 valence electrons. The fourth-order valence-electron chi connectivity index (χ4n) is 2.05. The number of aryl methyl sites for hydroxylation is 1. The minimum absolute atomic E-state index is 0.284. The molecule has 0 radical (unpaired) electrons. The van der Waals surface area contributed by atoms with Crippen LogP contribution in [0.15, 0.2) is 0 Å². The van der Waals surface area contributed by atoms with Crippen LogP contribution in [0.1, 0.15) is 31.5 Å². The largest absolute Gasteiger partial charge is 0.396 e. The summed E-state index contributed by atoms with van der Waals surface area (Å²) in [7, 11) is 1.74. The standard InChI is InChI=1S/C10H18N4O2/c1-14-12-10(11-13-14)7-16-9-4-2-8(6-15)3-5-9/h8-9,15H,2-7H2,1H3. The van der Waals surface area contributed by atoms with Crippen LogP contribution in [0.4, 0.5) is 0 Å². The van der Waals surface area contributed by atoms with Crippen molar-refractivity contribution in [3.8, 4) is 0 Å². The van der Waals surface area contributed by atoms with Crippen LogP contribution >= 0.6 is 0 Å². The molecule has 16 heavy (non-hydrogen) atoms. The maximum absolute atomic E-state index is 9.02. The van der Waals surface area contributed by atoms with Gasteiger partial charge in [-0.25, -0.2) is 0 Å². The Kier molecular flexibility index (Phi) is 3.84. The van der Waals surface area contributed by atoms with Gasteiger partial charge >= 0.3 is 0 Å². The molecule has 0 saturated heterocycles. The predicted molar refractivity (Wildman–Crippen MR) is 56.4 cm³/mol. The second kappa shape index (κ2) is 5.36. The molecule has 2 rings (SSSR count). The quantitative estimate of drug-likeness (QED) is 0.798. The van der Waals surface area contributed by atoms with Gasteiger partial charge in [-0.1, -0.05) is 0 Å². The lowest BCUT2D eigenvalue weighted by Gasteiger charge is -2.26. The summed E-state index contributed by atoms with van der Waals surface area (Å²) in [5.74, 6) is 1.10. The zero-order valence-corrected chi connectivity index (χ0v) is 9.54. The second-order valence-corrected chi connectivity index (χ2v) is 4.33. The number of ether oxygens (including phenoxy) is 1. The Balaban J connectivity index is 1.71. The lowest BCUT2D eigenvalue weighted by molar-refractivity contribution is -0.00170. The maximum Gasteiger partial charge on any atom is 0.200 e. The average Bonchev–Trinajstić information content (AvgIpc) is 2.73. The molecule has 1 aliphatic carbocycles. The number of aromatic nitrogens is 4. The summed E-state index contributed by atoms with van der Waals surface area (Å²) < 4.78 is 5.72. The first-order valence-electron chi connectivity index (χ1n) is 5.73. The lowest BCUT2D eigenvalue weighted by Crippen LogP contribution is -2.23. The minimum Gasteiger partial charge on any atom is -0.396 e. The first-order valence-corrected chi connectivity index (χ1v) is 5.73. The van der Waals surface area contributed by atoms with Crippen molar-refractivity contribution < 1.29 is 9.84 Å². The first kappa shape index (κ1) is 11.5. The Labute approximate surface area is 94.6 Å². The molecule has 0 aromatic carbocycles. The number of aliphatic hydroxyl groups is 1. The Morgan fingerprint density at radius 2 is 2.12 bits per heavy atom. The molecule has 1 aromatic rings. The maximum atomic E-state index is 9.02. The van der Waals surface area contributed by atoms with Gasteiger partial charge in [0.15, 0.2) is 5.82 Å². The van der Waals surface area contributed by atoms with Crippen molar-refractivity contribution in [3.05, 3.63) is 5.82 Å². The molecule has 0 bridgehead atoms. The number of hydrogen-bond donors (Lipinski definition) is 1. The Hall–Kier alpha value is -1.01. The Bertz CT molecular complexity index is 320. The zero-order valence-electron chi connectivity index (χ0n) is 9.54. The number of rotatable bonds is 4. The number of nitrogens with zero attached hydrogens (tertiary/aromatic N) is 4. The summed E-state index contributed by atoms with van der Waals surface area (Å²) >= 11 is 0. The first-order chi connectivity index (χ1) is 7.78. The van der Waals surface area contributed by atoms with Crippen LogP contribution in [0.2, 0.25) is 0 Å². The van der Waals surface area contributed by atoms with E-state index in [2.05, 4.69) is 15.4 Å². The van der Waals surface area contributed by atoms with E-state index in [-0.39, 0.29) is 6.10 Å². The van der Waals surface area contributed by atoms with Gasteiger partial charge in [-0.15, -0.1) is 10.2 Å². The molecule has 0 aliphatic heterocycles. The van der Waals surface area contributed by atoms with Gasteiger partial charge in [-0.05, 0) is 36.8 Å². The van der Waals surface area contributed by atoms with Crippen molar-refractivity contribution in [1.82, 2.24) is 20.2 Å². The zero-order chi connectivity index (χ0) is 11.4. The SMILES string of the molecule is Cn1nnc(COC2CCC(CO)CC2)n1. The third-order valence-electron chi connectivity index (χ3n) is 3.05. The highest BCUT2D eigenvalue weighted by molar-refractivity contribution is 4.75. The van der Waals surface area contributed by atoms with Crippen LogP contribution < -0.4 is 0 Å². The van der Waals surface area contributed by atoms with Gasteiger partial charge in [-0.3, -0.25) is 0 Å². The van der Waals surface area contributed by atoms with Gasteiger partial charge in [0.05, 0.1) is 13.2 Å². The predicted octanol–water partition coefficient (Wildman–Crippen LogP) is 0.278. The average molecular weight is 226 g/mol. The number of aliphatic hydroxyl groups excluding tert-OH is 1. The van der Waals surface area contributed by atoms with Crippen molar-refractivity contribution in [2.45, 2.75) is 38.4 Å². The number of hydrogen-bond acceptors (Lipinski definition) is 5. The van der Waals surface area contributed by atoms with Crippen molar-refractivity contribution in [2.24, 2.45) is 13.0 Å². The third kappa shape index (κ3) is 2.99. The van der Waals surface area contributed by atoms with Crippen molar-refractivity contribution in [3.63, 3.8) is 0 Å². The molecule has 1 aromatic heterocycles. The molecule has 0 amide bonds. The van der Waals surface area contributed by atoms with E-state index in [1.165, 1.54) is 4.80 Å². The topological polar surface area (TPSA) is 73.1 Å².